The van der Waals surface area contributed by atoms with Gasteiger partial charge in [-0.25, -0.2) is 0 Å². The van der Waals surface area contributed by atoms with E-state index in [9.17, 15) is 0 Å². The molecule has 13 heteroatoms. The number of guanidine groups is 2. The van der Waals surface area contributed by atoms with Crippen molar-refractivity contribution in [2.24, 2.45) is 9.98 Å². The molecule has 0 saturated carbocycles. The van der Waals surface area contributed by atoms with Crippen LogP contribution >= 0.6 is 35.1 Å². The van der Waals surface area contributed by atoms with Crippen LogP contribution in [0, 0.1) is 22.9 Å². The van der Waals surface area contributed by atoms with E-state index in [0.29, 0.717) is 25.0 Å². The molecule has 0 fully saturated rings. The summed E-state index contributed by atoms with van der Waals surface area (Å²) in [5.74, 6) is 4.35. The van der Waals surface area contributed by atoms with Crippen molar-refractivity contribution in [2.75, 3.05) is 38.7 Å². The van der Waals surface area contributed by atoms with Gasteiger partial charge in [-0.2, -0.15) is 34.0 Å². The third-order valence-corrected chi connectivity index (χ3v) is 5.88. The SMILES string of the molecule is CN=C(NC#N)NCCSCc1nnsc1CSCCNC(=NC)NC#N. The normalized spacial score (nSPS) is 11.4. The minimum atomic E-state index is 0.473. The van der Waals surface area contributed by atoms with Crippen molar-refractivity contribution < 1.29 is 0 Å². The summed E-state index contributed by atoms with van der Waals surface area (Å²) >= 11 is 4.96. The Kier molecular flexibility index (Phi) is 12.6. The molecule has 27 heavy (non-hydrogen) atoms. The predicted molar refractivity (Wildman–Crippen MR) is 112 cm³/mol. The van der Waals surface area contributed by atoms with E-state index in [4.69, 9.17) is 10.5 Å². The molecule has 1 heterocycles. The average Bonchev–Trinajstić information content (AvgIpc) is 3.13. The van der Waals surface area contributed by atoms with Crippen LogP contribution in [0.2, 0.25) is 0 Å². The molecular formula is C14H22N10S3. The summed E-state index contributed by atoms with van der Waals surface area (Å²) in [7, 11) is 3.24. The van der Waals surface area contributed by atoms with E-state index in [1.54, 1.807) is 37.6 Å². The Morgan fingerprint density at radius 3 is 2.07 bits per heavy atom. The molecule has 0 spiro atoms. The van der Waals surface area contributed by atoms with Crippen molar-refractivity contribution in [1.82, 2.24) is 30.9 Å². The van der Waals surface area contributed by atoms with E-state index < -0.39 is 0 Å². The quantitative estimate of drug-likeness (QED) is 0.135. The Bertz CT molecular complexity index is 632. The monoisotopic (exact) mass is 426 g/mol. The number of hydrogen-bond acceptors (Lipinski definition) is 9. The first-order valence-electron chi connectivity index (χ1n) is 7.92. The van der Waals surface area contributed by atoms with E-state index in [0.717, 1.165) is 28.7 Å². The number of rotatable bonds is 10. The number of aromatic nitrogens is 2. The molecule has 10 nitrogen and oxygen atoms in total. The minimum Gasteiger partial charge on any atom is -0.355 e. The van der Waals surface area contributed by atoms with E-state index in [-0.39, 0.29) is 0 Å². The van der Waals surface area contributed by atoms with Crippen molar-refractivity contribution in [1.29, 1.82) is 10.5 Å². The van der Waals surface area contributed by atoms with E-state index in [1.807, 2.05) is 12.4 Å². The largest absolute Gasteiger partial charge is 0.355 e. The number of nitrogens with one attached hydrogen (secondary N) is 4. The highest BCUT2D eigenvalue weighted by atomic mass is 32.2. The van der Waals surface area contributed by atoms with Crippen LogP contribution in [0.1, 0.15) is 10.6 Å². The number of thioether (sulfide) groups is 2. The Hall–Kier alpha value is -2.22. The molecule has 1 aromatic rings. The Morgan fingerprint density at radius 1 is 1.00 bits per heavy atom. The van der Waals surface area contributed by atoms with Crippen molar-refractivity contribution in [3.63, 3.8) is 0 Å². The molecule has 0 radical (unpaired) electrons. The van der Waals surface area contributed by atoms with Gasteiger partial charge in [-0.05, 0) is 11.5 Å². The van der Waals surface area contributed by atoms with Gasteiger partial charge in [0.15, 0.2) is 12.4 Å². The molecule has 0 atom stereocenters. The molecule has 1 rings (SSSR count). The molecule has 0 aliphatic carbocycles. The third kappa shape index (κ3) is 9.89. The highest BCUT2D eigenvalue weighted by molar-refractivity contribution is 7.99. The molecule has 0 aliphatic heterocycles. The molecule has 0 bridgehead atoms. The van der Waals surface area contributed by atoms with Crippen LogP contribution in [0.25, 0.3) is 0 Å². The van der Waals surface area contributed by atoms with Gasteiger partial charge in [-0.15, -0.1) is 5.10 Å². The van der Waals surface area contributed by atoms with E-state index in [1.165, 1.54) is 16.4 Å². The first-order chi connectivity index (χ1) is 13.2. The van der Waals surface area contributed by atoms with Gasteiger partial charge in [0.1, 0.15) is 0 Å². The van der Waals surface area contributed by atoms with Crippen LogP contribution in [0.4, 0.5) is 0 Å². The molecule has 0 amide bonds. The number of nitrogens with zero attached hydrogens (tertiary/aromatic N) is 6. The lowest BCUT2D eigenvalue weighted by Gasteiger charge is -2.07. The maximum absolute atomic E-state index is 8.57. The first-order valence-corrected chi connectivity index (χ1v) is 11.0. The summed E-state index contributed by atoms with van der Waals surface area (Å²) in [6.45, 7) is 1.42. The minimum absolute atomic E-state index is 0.473. The van der Waals surface area contributed by atoms with Gasteiger partial charge in [0.05, 0.1) is 10.6 Å². The second-order valence-electron chi connectivity index (χ2n) is 4.72. The summed E-state index contributed by atoms with van der Waals surface area (Å²) in [6, 6.07) is 0. The Balaban J connectivity index is 2.21. The second-order valence-corrected chi connectivity index (χ2v) is 7.77. The lowest BCUT2D eigenvalue weighted by atomic mass is 10.4. The Labute approximate surface area is 171 Å². The lowest BCUT2D eigenvalue weighted by molar-refractivity contribution is 0.929. The lowest BCUT2D eigenvalue weighted by Crippen LogP contribution is -2.35. The van der Waals surface area contributed by atoms with Crippen molar-refractivity contribution in [2.45, 2.75) is 11.5 Å². The van der Waals surface area contributed by atoms with Crippen LogP contribution in [-0.2, 0) is 11.5 Å². The molecule has 0 aliphatic rings. The average molecular weight is 427 g/mol. The van der Waals surface area contributed by atoms with Gasteiger partial charge in [0.25, 0.3) is 0 Å². The maximum atomic E-state index is 8.57. The molecule has 0 saturated heterocycles. The highest BCUT2D eigenvalue weighted by Gasteiger charge is 2.08. The van der Waals surface area contributed by atoms with E-state index >= 15 is 0 Å². The summed E-state index contributed by atoms with van der Waals surface area (Å²) in [5, 5.41) is 32.4. The summed E-state index contributed by atoms with van der Waals surface area (Å²) in [4.78, 5) is 9.03. The van der Waals surface area contributed by atoms with Crippen molar-refractivity contribution >= 4 is 47.0 Å². The predicted octanol–water partition coefficient (Wildman–Crippen LogP) is 0.297. The standard InChI is InChI=1S/C14H22N10S3/c1-17-13(21-9-15)19-3-5-25-7-11-12(27-24-23-11)8-26-6-4-20-14(18-2)22-10-16/h3-8H2,1-2H3,(H2,17,19,21)(H2,18,20,22). The van der Waals surface area contributed by atoms with Gasteiger partial charge in [-0.1, -0.05) is 4.49 Å². The molecule has 146 valence electrons. The zero-order valence-electron chi connectivity index (χ0n) is 15.2. The zero-order chi connectivity index (χ0) is 19.7. The van der Waals surface area contributed by atoms with Crippen LogP contribution in [0.3, 0.4) is 0 Å². The maximum Gasteiger partial charge on any atom is 0.204 e. The third-order valence-electron chi connectivity index (χ3n) is 2.98. The number of aliphatic imine (C=N–C) groups is 2. The van der Waals surface area contributed by atoms with E-state index in [2.05, 4.69) is 40.8 Å². The Morgan fingerprint density at radius 2 is 1.56 bits per heavy atom. The summed E-state index contributed by atoms with van der Waals surface area (Å²) < 4.78 is 4.06. The van der Waals surface area contributed by atoms with Crippen LogP contribution in [-0.4, -0.2) is 60.2 Å². The van der Waals surface area contributed by atoms with Gasteiger partial charge < -0.3 is 10.6 Å². The summed E-state index contributed by atoms with van der Waals surface area (Å²) in [5.41, 5.74) is 1.02. The smallest absolute Gasteiger partial charge is 0.204 e. The number of hydrogen-bond donors (Lipinski definition) is 4. The van der Waals surface area contributed by atoms with Crippen molar-refractivity contribution in [3.05, 3.63) is 10.6 Å². The molecular weight excluding hydrogens is 404 g/mol. The highest BCUT2D eigenvalue weighted by Crippen LogP contribution is 2.21. The topological polar surface area (TPSA) is 146 Å². The number of nitriles is 2. The molecule has 4 N–H and O–H groups in total. The van der Waals surface area contributed by atoms with Gasteiger partial charge in [0, 0.05) is 50.2 Å². The van der Waals surface area contributed by atoms with Gasteiger partial charge in [0.2, 0.25) is 11.9 Å². The first kappa shape index (κ1) is 22.8. The fraction of sp³-hybridized carbons (Fsp3) is 0.571. The second kappa shape index (κ2) is 14.9. The van der Waals surface area contributed by atoms with Crippen LogP contribution < -0.4 is 21.3 Å². The van der Waals surface area contributed by atoms with Crippen LogP contribution in [0.5, 0.6) is 0 Å². The van der Waals surface area contributed by atoms with Gasteiger partial charge >= 0.3 is 0 Å². The van der Waals surface area contributed by atoms with Gasteiger partial charge in [-0.3, -0.25) is 20.6 Å². The van der Waals surface area contributed by atoms with Crippen molar-refractivity contribution in [3.8, 4) is 12.4 Å². The fourth-order valence-electron chi connectivity index (χ4n) is 1.73. The summed E-state index contributed by atoms with van der Waals surface area (Å²) in [6.07, 6.45) is 3.67. The fourth-order valence-corrected chi connectivity index (χ4v) is 4.29. The molecule has 0 aromatic carbocycles. The molecule has 0 unspecified atom stereocenters. The zero-order valence-corrected chi connectivity index (χ0v) is 17.6. The van der Waals surface area contributed by atoms with Crippen LogP contribution in [0.15, 0.2) is 9.98 Å². The molecule has 1 aromatic heterocycles.